The van der Waals surface area contributed by atoms with Gasteiger partial charge in [-0.15, -0.1) is 5.70 Å². The Morgan fingerprint density at radius 3 is 2.58 bits per heavy atom. The van der Waals surface area contributed by atoms with Crippen molar-refractivity contribution in [1.29, 1.82) is 0 Å². The van der Waals surface area contributed by atoms with Gasteiger partial charge in [0.05, 0.1) is 6.61 Å². The van der Waals surface area contributed by atoms with Crippen LogP contribution in [0.2, 0.25) is 6.04 Å². The first-order chi connectivity index (χ1) is 5.63. The number of ether oxygens (including phenoxy) is 1. The van der Waals surface area contributed by atoms with Crippen LogP contribution in [0.15, 0.2) is 11.3 Å². The van der Waals surface area contributed by atoms with Crippen molar-refractivity contribution in [2.24, 2.45) is 0 Å². The predicted molar refractivity (Wildman–Crippen MR) is 54.0 cm³/mol. The van der Waals surface area contributed by atoms with E-state index in [2.05, 4.69) is 19.5 Å². The maximum absolute atomic E-state index is 10.4. The molecule has 70 valence electrons. The molecule has 0 bridgehead atoms. The van der Waals surface area contributed by atoms with E-state index < -0.39 is 0 Å². The molecule has 2 nitrogen and oxygen atoms in total. The fraction of sp³-hybridized carbons (Fsp3) is 0.667. The summed E-state index contributed by atoms with van der Waals surface area (Å²) >= 11 is 0. The lowest BCUT2D eigenvalue weighted by molar-refractivity contribution is -0.140. The Balaban J connectivity index is 3.11. The summed E-state index contributed by atoms with van der Waals surface area (Å²) in [5, 5.41) is 0. The summed E-state index contributed by atoms with van der Waals surface area (Å²) in [6.07, 6.45) is 1.02. The van der Waals surface area contributed by atoms with Crippen molar-refractivity contribution in [1.82, 2.24) is 0 Å². The first kappa shape index (κ1) is 11.4. The first-order valence-corrected chi connectivity index (χ1v) is 6.21. The first-order valence-electron chi connectivity index (χ1n) is 4.39. The number of rotatable bonds is 5. The van der Waals surface area contributed by atoms with Crippen molar-refractivity contribution in [2.45, 2.75) is 33.2 Å². The van der Waals surface area contributed by atoms with Gasteiger partial charge in [-0.3, -0.25) is 4.79 Å². The highest BCUT2D eigenvalue weighted by Crippen LogP contribution is 1.94. The Morgan fingerprint density at radius 1 is 1.42 bits per heavy atom. The van der Waals surface area contributed by atoms with Crippen molar-refractivity contribution < 1.29 is 9.53 Å². The van der Waals surface area contributed by atoms with Crippen LogP contribution in [-0.4, -0.2) is 22.1 Å². The minimum absolute atomic E-state index is 0.0344. The minimum atomic E-state index is -0.168. The molecule has 0 heterocycles. The maximum Gasteiger partial charge on any atom is 0.302 e. The fourth-order valence-electron chi connectivity index (χ4n) is 0.853. The smallest absolute Gasteiger partial charge is 0.302 e. The van der Waals surface area contributed by atoms with Crippen LogP contribution in [0.4, 0.5) is 0 Å². The molecule has 0 N–H and O–H groups in total. The molecular weight excluding hydrogens is 168 g/mol. The maximum atomic E-state index is 10.4. The average Bonchev–Trinajstić information content (AvgIpc) is 1.95. The number of allylic oxidation sites excluding steroid dienone is 1. The van der Waals surface area contributed by atoms with Gasteiger partial charge in [0.25, 0.3) is 0 Å². The Kier molecular flexibility index (Phi) is 6.76. The van der Waals surface area contributed by atoms with Gasteiger partial charge < -0.3 is 4.74 Å². The van der Waals surface area contributed by atoms with Gasteiger partial charge in [0.2, 0.25) is 0 Å². The molecule has 0 rings (SSSR count). The zero-order valence-corrected chi connectivity index (χ0v) is 9.64. The number of hydrogen-bond acceptors (Lipinski definition) is 2. The van der Waals surface area contributed by atoms with E-state index >= 15 is 0 Å². The van der Waals surface area contributed by atoms with Crippen molar-refractivity contribution in [3.8, 4) is 0 Å². The van der Waals surface area contributed by atoms with Gasteiger partial charge in [-0.1, -0.05) is 11.6 Å². The van der Waals surface area contributed by atoms with E-state index in [1.165, 1.54) is 18.5 Å². The van der Waals surface area contributed by atoms with Crippen molar-refractivity contribution in [3.05, 3.63) is 11.3 Å². The molecular formula is C9H18O2Si. The van der Waals surface area contributed by atoms with Crippen LogP contribution in [0.25, 0.3) is 0 Å². The van der Waals surface area contributed by atoms with Crippen LogP contribution in [0, 0.1) is 0 Å². The molecule has 0 saturated heterocycles. The average molecular weight is 186 g/mol. The van der Waals surface area contributed by atoms with E-state index in [0.717, 1.165) is 6.42 Å². The number of carbonyl (C=O) groups is 1. The Labute approximate surface area is 76.8 Å². The summed E-state index contributed by atoms with van der Waals surface area (Å²) < 4.78 is 4.81. The second-order valence-electron chi connectivity index (χ2n) is 3.12. The summed E-state index contributed by atoms with van der Waals surface area (Å²) in [5.74, 6) is -0.168. The second-order valence-corrected chi connectivity index (χ2v) is 4.81. The second kappa shape index (κ2) is 7.10. The molecule has 0 atom stereocenters. The molecule has 0 aromatic heterocycles. The summed E-state index contributed by atoms with van der Waals surface area (Å²) in [4.78, 5) is 10.4. The van der Waals surface area contributed by atoms with E-state index in [1.807, 2.05) is 0 Å². The van der Waals surface area contributed by atoms with Crippen molar-refractivity contribution in [2.75, 3.05) is 6.61 Å². The van der Waals surface area contributed by atoms with Gasteiger partial charge >= 0.3 is 5.97 Å². The third kappa shape index (κ3) is 9.43. The van der Waals surface area contributed by atoms with Crippen LogP contribution in [0.5, 0.6) is 0 Å². The van der Waals surface area contributed by atoms with Gasteiger partial charge in [0.15, 0.2) is 0 Å². The van der Waals surface area contributed by atoms with Crippen LogP contribution in [-0.2, 0) is 9.53 Å². The zero-order chi connectivity index (χ0) is 9.40. The van der Waals surface area contributed by atoms with E-state index in [0.29, 0.717) is 6.61 Å². The minimum Gasteiger partial charge on any atom is -0.466 e. The molecule has 0 fully saturated rings. The number of carbonyl (C=O) groups excluding carboxylic acids is 1. The molecule has 0 radical (unpaired) electrons. The molecule has 0 spiro atoms. The van der Waals surface area contributed by atoms with Crippen LogP contribution < -0.4 is 0 Å². The van der Waals surface area contributed by atoms with Crippen molar-refractivity contribution in [3.63, 3.8) is 0 Å². The summed E-state index contributed by atoms with van der Waals surface area (Å²) in [7, 11) is -0.0344. The van der Waals surface area contributed by atoms with E-state index in [4.69, 9.17) is 4.74 Å². The molecule has 0 amide bonds. The Hall–Kier alpha value is -0.573. The highest BCUT2D eigenvalue weighted by atomic mass is 28.2. The molecule has 0 unspecified atom stereocenters. The van der Waals surface area contributed by atoms with Gasteiger partial charge in [0.1, 0.15) is 0 Å². The van der Waals surface area contributed by atoms with Crippen molar-refractivity contribution >= 4 is 15.5 Å². The largest absolute Gasteiger partial charge is 0.466 e. The van der Waals surface area contributed by atoms with Crippen LogP contribution in [0.3, 0.4) is 0 Å². The van der Waals surface area contributed by atoms with Gasteiger partial charge in [0, 0.05) is 16.4 Å². The molecule has 0 aliphatic rings. The molecule has 0 aromatic carbocycles. The van der Waals surface area contributed by atoms with Gasteiger partial charge in [-0.2, -0.15) is 0 Å². The number of esters is 1. The van der Waals surface area contributed by atoms with E-state index in [1.54, 1.807) is 0 Å². The molecule has 12 heavy (non-hydrogen) atoms. The van der Waals surface area contributed by atoms with Gasteiger partial charge in [-0.05, 0) is 20.3 Å². The highest BCUT2D eigenvalue weighted by molar-refractivity contribution is 6.42. The predicted octanol–water partition coefficient (Wildman–Crippen LogP) is 1.45. The standard InChI is InChI=1S/C9H18O2Si/c1-8(2)7-12-6-4-5-11-9(3)10/h7H,4-6,12H2,1-3H3. The molecule has 0 aromatic rings. The molecule has 0 aliphatic heterocycles. The number of hydrogen-bond donors (Lipinski definition) is 0. The quantitative estimate of drug-likeness (QED) is 0.369. The molecule has 0 saturated carbocycles. The third-order valence-corrected chi connectivity index (χ3v) is 3.47. The molecule has 3 heteroatoms. The van der Waals surface area contributed by atoms with Gasteiger partial charge in [-0.25, -0.2) is 0 Å². The topological polar surface area (TPSA) is 26.3 Å². The molecule has 0 aliphatic carbocycles. The Bertz CT molecular complexity index is 160. The summed E-state index contributed by atoms with van der Waals surface area (Å²) in [5.41, 5.74) is 3.75. The zero-order valence-electron chi connectivity index (χ0n) is 8.22. The summed E-state index contributed by atoms with van der Waals surface area (Å²) in [6.45, 7) is 6.30. The van der Waals surface area contributed by atoms with E-state index in [-0.39, 0.29) is 15.5 Å². The summed E-state index contributed by atoms with van der Waals surface area (Å²) in [6, 6.07) is 1.23. The monoisotopic (exact) mass is 186 g/mol. The SMILES string of the molecule is CC(=O)OCCC[SiH2]C=C(C)C. The lowest BCUT2D eigenvalue weighted by Crippen LogP contribution is -2.01. The third-order valence-electron chi connectivity index (χ3n) is 1.46. The van der Waals surface area contributed by atoms with Crippen LogP contribution >= 0.6 is 0 Å². The fourth-order valence-corrected chi connectivity index (χ4v) is 2.13. The lowest BCUT2D eigenvalue weighted by atomic mass is 10.4. The van der Waals surface area contributed by atoms with Crippen LogP contribution in [0.1, 0.15) is 27.2 Å². The Morgan fingerprint density at radius 2 is 2.08 bits per heavy atom. The lowest BCUT2D eigenvalue weighted by Gasteiger charge is -1.99. The normalized spacial score (nSPS) is 10.2. The highest BCUT2D eigenvalue weighted by Gasteiger charge is 1.91. The van der Waals surface area contributed by atoms with E-state index in [9.17, 15) is 4.79 Å².